The molecule has 5 aromatic rings. The fourth-order valence-corrected chi connectivity index (χ4v) is 5.90. The minimum Gasteiger partial charge on any atom is -0.508 e. The summed E-state index contributed by atoms with van der Waals surface area (Å²) < 4.78 is 27.5. The van der Waals surface area contributed by atoms with Crippen molar-refractivity contribution in [3.05, 3.63) is 112 Å². The minimum atomic E-state index is -0.400. The van der Waals surface area contributed by atoms with Gasteiger partial charge in [-0.15, -0.1) is 0 Å². The molecule has 2 N–H and O–H groups in total. The number of phenols is 1. The van der Waals surface area contributed by atoms with Crippen LogP contribution in [-0.2, 0) is 24.4 Å². The summed E-state index contributed by atoms with van der Waals surface area (Å²) >= 11 is 5.86. The molecule has 238 valence electrons. The van der Waals surface area contributed by atoms with Crippen LogP contribution in [0, 0.1) is 5.82 Å². The van der Waals surface area contributed by atoms with Gasteiger partial charge in [-0.2, -0.15) is 0 Å². The van der Waals surface area contributed by atoms with Gasteiger partial charge >= 0.3 is 0 Å². The van der Waals surface area contributed by atoms with E-state index in [1.807, 2.05) is 24.3 Å². The molecule has 0 spiro atoms. The Hall–Kier alpha value is -4.51. The Bertz CT molecular complexity index is 1820. The van der Waals surface area contributed by atoms with Crippen molar-refractivity contribution < 1.29 is 23.8 Å². The predicted molar refractivity (Wildman–Crippen MR) is 175 cm³/mol. The highest BCUT2D eigenvalue weighted by atomic mass is 35.5. The van der Waals surface area contributed by atoms with Gasteiger partial charge in [-0.05, 0) is 86.6 Å². The number of anilines is 1. The molecule has 2 aromatic heterocycles. The SMILES string of the molecule is COCCn1c(CN2CCC(c3cccc(OCc4ccc(Cl)cc4F)n3)CC2)nc2cc(C(=O)Nc3ccc(O)cc3)ccc21. The summed E-state index contributed by atoms with van der Waals surface area (Å²) in [5, 5.41) is 12.7. The molecule has 0 bridgehead atoms. The molecule has 11 heteroatoms. The van der Waals surface area contributed by atoms with Gasteiger partial charge in [0.1, 0.15) is 24.0 Å². The van der Waals surface area contributed by atoms with E-state index in [1.54, 1.807) is 43.5 Å². The van der Waals surface area contributed by atoms with Crippen molar-refractivity contribution in [1.82, 2.24) is 19.4 Å². The number of nitrogens with zero attached hydrogens (tertiary/aromatic N) is 4. The predicted octanol–water partition coefficient (Wildman–Crippen LogP) is 6.79. The van der Waals surface area contributed by atoms with E-state index in [1.165, 1.54) is 18.2 Å². The number of aromatic nitrogens is 3. The summed E-state index contributed by atoms with van der Waals surface area (Å²) in [6, 6.07) is 22.2. The van der Waals surface area contributed by atoms with E-state index >= 15 is 0 Å². The number of methoxy groups -OCH3 is 1. The number of rotatable bonds is 11. The maximum Gasteiger partial charge on any atom is 0.255 e. The lowest BCUT2D eigenvalue weighted by Gasteiger charge is -2.31. The third-order valence-electron chi connectivity index (χ3n) is 8.24. The average Bonchev–Trinajstić information content (AvgIpc) is 3.40. The van der Waals surface area contributed by atoms with Gasteiger partial charge in [0.25, 0.3) is 5.91 Å². The van der Waals surface area contributed by atoms with Crippen molar-refractivity contribution >= 4 is 34.2 Å². The van der Waals surface area contributed by atoms with Crippen molar-refractivity contribution in [2.75, 3.05) is 32.1 Å². The second kappa shape index (κ2) is 14.3. The molecule has 0 unspecified atom stereocenters. The number of phenolic OH excluding ortho intramolecular Hbond substituents is 1. The zero-order chi connectivity index (χ0) is 32.0. The molecule has 1 saturated heterocycles. The zero-order valence-electron chi connectivity index (χ0n) is 25.5. The number of carbonyl (C=O) groups is 1. The molecular formula is C35H35ClFN5O4. The average molecular weight is 644 g/mol. The molecular weight excluding hydrogens is 609 g/mol. The van der Waals surface area contributed by atoms with Gasteiger partial charge in [0.15, 0.2) is 0 Å². The molecule has 0 atom stereocenters. The first-order chi connectivity index (χ1) is 22.4. The number of benzene rings is 3. The number of fused-ring (bicyclic) bond motifs is 1. The van der Waals surface area contributed by atoms with Crippen LogP contribution in [0.1, 0.15) is 46.2 Å². The minimum absolute atomic E-state index is 0.0759. The van der Waals surface area contributed by atoms with Gasteiger partial charge in [-0.1, -0.05) is 23.7 Å². The van der Waals surface area contributed by atoms with Gasteiger partial charge in [0.05, 0.1) is 24.2 Å². The number of nitrogens with one attached hydrogen (secondary N) is 1. The molecule has 3 heterocycles. The van der Waals surface area contributed by atoms with E-state index in [0.29, 0.717) is 47.4 Å². The number of pyridine rings is 1. The van der Waals surface area contributed by atoms with E-state index < -0.39 is 5.82 Å². The molecule has 3 aromatic carbocycles. The van der Waals surface area contributed by atoms with E-state index in [2.05, 4.69) is 14.8 Å². The molecule has 6 rings (SSSR count). The maximum atomic E-state index is 14.2. The Morgan fingerprint density at radius 1 is 1.04 bits per heavy atom. The Morgan fingerprint density at radius 2 is 1.85 bits per heavy atom. The Kier molecular flexibility index (Phi) is 9.77. The smallest absolute Gasteiger partial charge is 0.255 e. The molecule has 9 nitrogen and oxygen atoms in total. The van der Waals surface area contributed by atoms with E-state index in [-0.39, 0.29) is 24.2 Å². The van der Waals surface area contributed by atoms with Crippen LogP contribution in [0.15, 0.2) is 78.9 Å². The highest BCUT2D eigenvalue weighted by Crippen LogP contribution is 2.30. The highest BCUT2D eigenvalue weighted by molar-refractivity contribution is 6.30. The molecule has 0 aliphatic carbocycles. The maximum absolute atomic E-state index is 14.2. The molecule has 1 fully saturated rings. The number of likely N-dealkylation sites (tertiary alicyclic amines) is 1. The fourth-order valence-electron chi connectivity index (χ4n) is 5.74. The van der Waals surface area contributed by atoms with E-state index in [4.69, 9.17) is 31.0 Å². The first-order valence-corrected chi connectivity index (χ1v) is 15.6. The number of imidazole rings is 1. The van der Waals surface area contributed by atoms with Crippen LogP contribution in [0.3, 0.4) is 0 Å². The Morgan fingerprint density at radius 3 is 2.61 bits per heavy atom. The molecule has 1 aliphatic heterocycles. The molecule has 0 saturated carbocycles. The highest BCUT2D eigenvalue weighted by Gasteiger charge is 2.24. The lowest BCUT2D eigenvalue weighted by Crippen LogP contribution is -2.33. The van der Waals surface area contributed by atoms with Crippen LogP contribution in [0.25, 0.3) is 11.0 Å². The Labute approximate surface area is 271 Å². The van der Waals surface area contributed by atoms with Gasteiger partial charge in [0.2, 0.25) is 5.88 Å². The monoisotopic (exact) mass is 643 g/mol. The number of halogens is 2. The first-order valence-electron chi connectivity index (χ1n) is 15.2. The van der Waals surface area contributed by atoms with Crippen LogP contribution >= 0.6 is 11.6 Å². The number of piperidine rings is 1. The van der Waals surface area contributed by atoms with E-state index in [0.717, 1.165) is 48.5 Å². The van der Waals surface area contributed by atoms with Crippen molar-refractivity contribution in [3.63, 3.8) is 0 Å². The van der Waals surface area contributed by atoms with Crippen molar-refractivity contribution in [2.45, 2.75) is 38.5 Å². The third kappa shape index (κ3) is 7.47. The zero-order valence-corrected chi connectivity index (χ0v) is 26.2. The van der Waals surface area contributed by atoms with Gasteiger partial charge < -0.3 is 24.5 Å². The van der Waals surface area contributed by atoms with Crippen LogP contribution in [0.2, 0.25) is 5.02 Å². The van der Waals surface area contributed by atoms with Gasteiger partial charge in [-0.3, -0.25) is 9.69 Å². The van der Waals surface area contributed by atoms with Crippen molar-refractivity contribution in [2.24, 2.45) is 0 Å². The van der Waals surface area contributed by atoms with Crippen LogP contribution in [0.5, 0.6) is 11.6 Å². The quantitative estimate of drug-likeness (QED) is 0.153. The summed E-state index contributed by atoms with van der Waals surface area (Å²) in [7, 11) is 1.68. The summed E-state index contributed by atoms with van der Waals surface area (Å²) in [5.41, 5.74) is 4.19. The van der Waals surface area contributed by atoms with Gasteiger partial charge in [0, 0.05) is 53.2 Å². The summed E-state index contributed by atoms with van der Waals surface area (Å²) in [4.78, 5) is 25.0. The number of hydrogen-bond acceptors (Lipinski definition) is 7. The lowest BCUT2D eigenvalue weighted by atomic mass is 9.93. The molecule has 0 radical (unpaired) electrons. The van der Waals surface area contributed by atoms with Crippen molar-refractivity contribution in [1.29, 1.82) is 0 Å². The third-order valence-corrected chi connectivity index (χ3v) is 8.48. The second-order valence-electron chi connectivity index (χ2n) is 11.4. The summed E-state index contributed by atoms with van der Waals surface area (Å²) in [6.07, 6.45) is 1.87. The summed E-state index contributed by atoms with van der Waals surface area (Å²) in [5.74, 6) is 1.17. The van der Waals surface area contributed by atoms with E-state index in [9.17, 15) is 14.3 Å². The van der Waals surface area contributed by atoms with Crippen LogP contribution in [-0.4, -0.2) is 57.3 Å². The second-order valence-corrected chi connectivity index (χ2v) is 11.8. The number of hydrogen-bond donors (Lipinski definition) is 2. The summed E-state index contributed by atoms with van der Waals surface area (Å²) in [6.45, 7) is 3.69. The van der Waals surface area contributed by atoms with Crippen LogP contribution < -0.4 is 10.1 Å². The number of amides is 1. The number of carbonyl (C=O) groups excluding carboxylic acids is 1. The normalized spacial score (nSPS) is 14.1. The molecule has 1 amide bonds. The molecule has 1 aliphatic rings. The standard InChI is InChI=1S/C35H35ClFN5O4/c1-45-18-17-42-32-12-6-24(35(44)38-27-8-10-28(43)11-9-27)19-31(32)39-33(42)21-41-15-13-23(14-16-41)30-3-2-4-34(40-30)46-22-25-5-7-26(36)20-29(25)37/h2-12,19-20,23,43H,13-18,21-22H2,1H3,(H,38,44). The fraction of sp³-hybridized carbons (Fsp3) is 0.286. The number of aromatic hydroxyl groups is 1. The Balaban J connectivity index is 1.10. The number of ether oxygens (including phenoxy) is 2. The van der Waals surface area contributed by atoms with Crippen molar-refractivity contribution in [3.8, 4) is 11.6 Å². The lowest BCUT2D eigenvalue weighted by molar-refractivity contribution is 0.102. The topological polar surface area (TPSA) is 102 Å². The van der Waals surface area contributed by atoms with Gasteiger partial charge in [-0.25, -0.2) is 14.4 Å². The largest absolute Gasteiger partial charge is 0.508 e. The molecule has 46 heavy (non-hydrogen) atoms. The van der Waals surface area contributed by atoms with Crippen LogP contribution in [0.4, 0.5) is 10.1 Å². The first kappa shape index (κ1) is 31.5.